The number of sulfone groups is 1. The van der Waals surface area contributed by atoms with Crippen LogP contribution in [0.2, 0.25) is 0 Å². The van der Waals surface area contributed by atoms with E-state index in [1.807, 2.05) is 0 Å². The van der Waals surface area contributed by atoms with Crippen LogP contribution in [0.1, 0.15) is 42.0 Å². The van der Waals surface area contributed by atoms with Gasteiger partial charge < -0.3 is 5.32 Å². The van der Waals surface area contributed by atoms with Gasteiger partial charge in [-0.05, 0) is 43.7 Å². The molecule has 104 valence electrons. The predicted octanol–water partition coefficient (Wildman–Crippen LogP) is 2.15. The van der Waals surface area contributed by atoms with Crippen LogP contribution in [-0.2, 0) is 16.3 Å². The normalized spacial score (nSPS) is 29.1. The highest BCUT2D eigenvalue weighted by Crippen LogP contribution is 2.32. The number of rotatable bonds is 2. The van der Waals surface area contributed by atoms with Gasteiger partial charge in [0.25, 0.3) is 0 Å². The first kappa shape index (κ1) is 13.1. The summed E-state index contributed by atoms with van der Waals surface area (Å²) in [6.07, 6.45) is 3.98. The summed E-state index contributed by atoms with van der Waals surface area (Å²) in [4.78, 5) is 0. The van der Waals surface area contributed by atoms with E-state index in [-0.39, 0.29) is 6.04 Å². The molecule has 1 saturated heterocycles. The van der Waals surface area contributed by atoms with Gasteiger partial charge in [-0.3, -0.25) is 0 Å². The summed E-state index contributed by atoms with van der Waals surface area (Å²) in [6.45, 7) is 2.11. The molecule has 0 spiro atoms. The highest BCUT2D eigenvalue weighted by molar-refractivity contribution is 7.91. The third-order valence-corrected chi connectivity index (χ3v) is 6.10. The van der Waals surface area contributed by atoms with Crippen LogP contribution in [0.25, 0.3) is 0 Å². The second kappa shape index (κ2) is 4.91. The summed E-state index contributed by atoms with van der Waals surface area (Å²) in [5, 5.41) is 3.58. The molecule has 0 amide bonds. The summed E-state index contributed by atoms with van der Waals surface area (Å²) in [6, 6.07) is 7.09. The average Bonchev–Trinajstić information content (AvgIpc) is 2.71. The average molecular weight is 279 g/mol. The Hall–Kier alpha value is -0.870. The SMILES string of the molecule is Cc1ccc2c(c1)C(NC1CCCS(=O)(=O)C1)CC2. The second-order valence-corrected chi connectivity index (χ2v) is 8.14. The van der Waals surface area contributed by atoms with Gasteiger partial charge in [0.05, 0.1) is 11.5 Å². The highest BCUT2D eigenvalue weighted by atomic mass is 32.2. The Morgan fingerprint density at radius 3 is 2.89 bits per heavy atom. The largest absolute Gasteiger partial charge is 0.306 e. The standard InChI is InChI=1S/C15H21NO2S/c1-11-4-5-12-6-7-15(14(12)9-11)16-13-3-2-8-19(17,18)10-13/h4-5,9,13,15-16H,2-3,6-8,10H2,1H3. The van der Waals surface area contributed by atoms with Crippen LogP contribution in [0.3, 0.4) is 0 Å². The zero-order valence-electron chi connectivity index (χ0n) is 11.4. The molecule has 2 atom stereocenters. The lowest BCUT2D eigenvalue weighted by atomic mass is 10.0. The van der Waals surface area contributed by atoms with Crippen molar-refractivity contribution in [1.29, 1.82) is 0 Å². The van der Waals surface area contributed by atoms with E-state index in [1.54, 1.807) is 0 Å². The topological polar surface area (TPSA) is 46.2 Å². The first-order chi connectivity index (χ1) is 9.03. The fourth-order valence-corrected chi connectivity index (χ4v) is 4.98. The molecule has 1 aliphatic carbocycles. The van der Waals surface area contributed by atoms with Crippen LogP contribution >= 0.6 is 0 Å². The second-order valence-electron chi connectivity index (χ2n) is 5.91. The number of hydrogen-bond acceptors (Lipinski definition) is 3. The van der Waals surface area contributed by atoms with Gasteiger partial charge in [-0.15, -0.1) is 0 Å². The molecule has 1 aliphatic heterocycles. The minimum Gasteiger partial charge on any atom is -0.306 e. The molecule has 1 aromatic rings. The molecule has 0 radical (unpaired) electrons. The molecule has 3 rings (SSSR count). The molecule has 1 fully saturated rings. The van der Waals surface area contributed by atoms with E-state index in [1.165, 1.54) is 16.7 Å². The van der Waals surface area contributed by atoms with Gasteiger partial charge in [-0.2, -0.15) is 0 Å². The van der Waals surface area contributed by atoms with Crippen molar-refractivity contribution in [2.45, 2.75) is 44.7 Å². The van der Waals surface area contributed by atoms with Crippen molar-refractivity contribution in [1.82, 2.24) is 5.32 Å². The number of hydrogen-bond donors (Lipinski definition) is 1. The van der Waals surface area contributed by atoms with Crippen LogP contribution in [0.5, 0.6) is 0 Å². The Labute approximate surface area is 115 Å². The predicted molar refractivity (Wildman–Crippen MR) is 77.1 cm³/mol. The number of nitrogens with one attached hydrogen (secondary N) is 1. The van der Waals surface area contributed by atoms with E-state index in [0.717, 1.165) is 25.7 Å². The van der Waals surface area contributed by atoms with Crippen LogP contribution < -0.4 is 5.32 Å². The molecule has 0 bridgehead atoms. The summed E-state index contributed by atoms with van der Waals surface area (Å²) < 4.78 is 23.4. The first-order valence-corrected chi connectivity index (χ1v) is 8.91. The number of benzene rings is 1. The van der Waals surface area contributed by atoms with Crippen LogP contribution in [-0.4, -0.2) is 26.0 Å². The van der Waals surface area contributed by atoms with E-state index in [0.29, 0.717) is 17.5 Å². The lowest BCUT2D eigenvalue weighted by molar-refractivity contribution is 0.419. The maximum absolute atomic E-state index is 11.7. The fraction of sp³-hybridized carbons (Fsp3) is 0.600. The molecular weight excluding hydrogens is 258 g/mol. The Morgan fingerprint density at radius 2 is 2.11 bits per heavy atom. The molecule has 1 N–H and O–H groups in total. The number of aryl methyl sites for hydroxylation is 2. The van der Waals surface area contributed by atoms with Crippen molar-refractivity contribution in [3.8, 4) is 0 Å². The Morgan fingerprint density at radius 1 is 1.26 bits per heavy atom. The van der Waals surface area contributed by atoms with Gasteiger partial charge in [0.2, 0.25) is 0 Å². The molecule has 0 aromatic heterocycles. The maximum Gasteiger partial charge on any atom is 0.151 e. The van der Waals surface area contributed by atoms with Gasteiger partial charge in [-0.1, -0.05) is 23.8 Å². The minimum absolute atomic E-state index is 0.134. The van der Waals surface area contributed by atoms with Crippen LogP contribution in [0.15, 0.2) is 18.2 Å². The number of fused-ring (bicyclic) bond motifs is 1. The van der Waals surface area contributed by atoms with Crippen LogP contribution in [0, 0.1) is 6.92 Å². The summed E-state index contributed by atoms with van der Waals surface area (Å²) in [7, 11) is -2.82. The Kier molecular flexibility index (Phi) is 3.39. The van der Waals surface area contributed by atoms with Gasteiger partial charge in [0.15, 0.2) is 9.84 Å². The molecule has 19 heavy (non-hydrogen) atoms. The molecule has 3 nitrogen and oxygen atoms in total. The Balaban J connectivity index is 1.74. The maximum atomic E-state index is 11.7. The summed E-state index contributed by atoms with van der Waals surface area (Å²) in [5.74, 6) is 0.677. The van der Waals surface area contributed by atoms with Crippen molar-refractivity contribution in [2.24, 2.45) is 0 Å². The van der Waals surface area contributed by atoms with Crippen molar-refractivity contribution >= 4 is 9.84 Å². The first-order valence-electron chi connectivity index (χ1n) is 7.09. The molecule has 1 heterocycles. The lowest BCUT2D eigenvalue weighted by Gasteiger charge is -2.27. The van der Waals surface area contributed by atoms with E-state index in [4.69, 9.17) is 0 Å². The Bertz CT molecular complexity index is 580. The van der Waals surface area contributed by atoms with Crippen LogP contribution in [0.4, 0.5) is 0 Å². The monoisotopic (exact) mass is 279 g/mol. The third-order valence-electron chi connectivity index (χ3n) is 4.28. The van der Waals surface area contributed by atoms with E-state index >= 15 is 0 Å². The van der Waals surface area contributed by atoms with Crippen molar-refractivity contribution in [3.05, 3.63) is 34.9 Å². The van der Waals surface area contributed by atoms with E-state index < -0.39 is 9.84 Å². The van der Waals surface area contributed by atoms with Gasteiger partial charge >= 0.3 is 0 Å². The van der Waals surface area contributed by atoms with E-state index in [9.17, 15) is 8.42 Å². The fourth-order valence-electron chi connectivity index (χ4n) is 3.33. The molecule has 0 saturated carbocycles. The van der Waals surface area contributed by atoms with Crippen molar-refractivity contribution in [2.75, 3.05) is 11.5 Å². The quantitative estimate of drug-likeness (QED) is 0.902. The zero-order chi connectivity index (χ0) is 13.5. The smallest absolute Gasteiger partial charge is 0.151 e. The van der Waals surface area contributed by atoms with Gasteiger partial charge in [0, 0.05) is 12.1 Å². The highest BCUT2D eigenvalue weighted by Gasteiger charge is 2.29. The molecule has 2 aliphatic rings. The summed E-state index contributed by atoms with van der Waals surface area (Å²) >= 11 is 0. The van der Waals surface area contributed by atoms with Crippen molar-refractivity contribution in [3.63, 3.8) is 0 Å². The van der Waals surface area contributed by atoms with Gasteiger partial charge in [0.1, 0.15) is 0 Å². The van der Waals surface area contributed by atoms with Gasteiger partial charge in [-0.25, -0.2) is 8.42 Å². The summed E-state index contributed by atoms with van der Waals surface area (Å²) in [5.41, 5.74) is 4.08. The van der Waals surface area contributed by atoms with Crippen molar-refractivity contribution < 1.29 is 8.42 Å². The molecule has 1 aromatic carbocycles. The zero-order valence-corrected chi connectivity index (χ0v) is 12.2. The third kappa shape index (κ3) is 2.84. The van der Waals surface area contributed by atoms with E-state index in [2.05, 4.69) is 30.4 Å². The molecular formula is C15H21NO2S. The molecule has 4 heteroatoms. The molecule has 2 unspecified atom stereocenters. The lowest BCUT2D eigenvalue weighted by Crippen LogP contribution is -2.41. The minimum atomic E-state index is -2.82.